The van der Waals surface area contributed by atoms with Crippen molar-refractivity contribution in [2.45, 2.75) is 65.1 Å². The maximum atomic E-state index is 13.4. The molecule has 0 spiro atoms. The van der Waals surface area contributed by atoms with E-state index in [1.807, 2.05) is 27.7 Å². The van der Waals surface area contributed by atoms with Gasteiger partial charge in [0.2, 0.25) is 5.91 Å². The van der Waals surface area contributed by atoms with Crippen molar-refractivity contribution in [2.24, 2.45) is 11.8 Å². The van der Waals surface area contributed by atoms with E-state index in [9.17, 15) is 14.4 Å². The zero-order valence-electron chi connectivity index (χ0n) is 21.8. The number of amides is 4. The van der Waals surface area contributed by atoms with E-state index in [2.05, 4.69) is 10.6 Å². The minimum atomic E-state index is -0.268. The first kappa shape index (κ1) is 26.8. The van der Waals surface area contributed by atoms with Gasteiger partial charge in [0.25, 0.3) is 5.91 Å². The summed E-state index contributed by atoms with van der Waals surface area (Å²) in [4.78, 5) is 42.3. The summed E-state index contributed by atoms with van der Waals surface area (Å²) in [5.74, 6) is 0.208. The number of hydrogen-bond donors (Lipinski definition) is 2. The molecule has 2 aliphatic rings. The Balaban J connectivity index is 1.91. The Morgan fingerprint density at radius 3 is 2.49 bits per heavy atom. The van der Waals surface area contributed by atoms with Crippen LogP contribution in [0.3, 0.4) is 0 Å². The van der Waals surface area contributed by atoms with Crippen molar-refractivity contribution in [3.05, 3.63) is 23.8 Å². The standard InChI is InChI=1S/C26H40N4O5/c1-16(2)27-26(33)30-13-17(3)23(34-6)14-29(5)25(32)21-12-20(28-24(31)19-8-7-9-19)10-11-22(21)35-15-18(30)4/h10-12,16-19,23H,7-9,13-15H2,1-6H3,(H,27,33)(H,28,31)/t17-,18-,23-/m1/s1. The molecule has 1 aliphatic heterocycles. The van der Waals surface area contributed by atoms with Crippen molar-refractivity contribution < 1.29 is 23.9 Å². The van der Waals surface area contributed by atoms with E-state index in [0.29, 0.717) is 30.1 Å². The summed E-state index contributed by atoms with van der Waals surface area (Å²) in [6.45, 7) is 8.83. The van der Waals surface area contributed by atoms with Gasteiger partial charge in [0, 0.05) is 50.8 Å². The monoisotopic (exact) mass is 488 g/mol. The fourth-order valence-corrected chi connectivity index (χ4v) is 4.38. The molecule has 2 N–H and O–H groups in total. The molecule has 0 unspecified atom stereocenters. The van der Waals surface area contributed by atoms with Gasteiger partial charge in [0.15, 0.2) is 0 Å². The number of fused-ring (bicyclic) bond motifs is 1. The zero-order valence-corrected chi connectivity index (χ0v) is 21.8. The third kappa shape index (κ3) is 6.66. The number of carbonyl (C=O) groups is 3. The summed E-state index contributed by atoms with van der Waals surface area (Å²) >= 11 is 0. The molecular formula is C26H40N4O5. The highest BCUT2D eigenvalue weighted by Crippen LogP contribution is 2.30. The van der Waals surface area contributed by atoms with Crippen LogP contribution in [0.25, 0.3) is 0 Å². The summed E-state index contributed by atoms with van der Waals surface area (Å²) in [7, 11) is 3.35. The highest BCUT2D eigenvalue weighted by molar-refractivity contribution is 6.00. The normalized spacial score (nSPS) is 24.0. The molecule has 194 valence electrons. The van der Waals surface area contributed by atoms with Gasteiger partial charge in [-0.1, -0.05) is 13.3 Å². The Kier molecular flexibility index (Phi) is 8.99. The minimum absolute atomic E-state index is 0.00331. The third-order valence-corrected chi connectivity index (χ3v) is 6.86. The van der Waals surface area contributed by atoms with Gasteiger partial charge >= 0.3 is 6.03 Å². The summed E-state index contributed by atoms with van der Waals surface area (Å²) in [5, 5.41) is 5.91. The van der Waals surface area contributed by atoms with Crippen molar-refractivity contribution in [1.82, 2.24) is 15.1 Å². The molecule has 1 aromatic carbocycles. The molecule has 3 atom stereocenters. The smallest absolute Gasteiger partial charge is 0.317 e. The Hall–Kier alpha value is -2.81. The molecule has 3 rings (SSSR count). The molecule has 1 saturated carbocycles. The van der Waals surface area contributed by atoms with Crippen molar-refractivity contribution in [2.75, 3.05) is 39.2 Å². The van der Waals surface area contributed by atoms with Crippen molar-refractivity contribution in [3.63, 3.8) is 0 Å². The van der Waals surface area contributed by atoms with Crippen LogP contribution in [0.5, 0.6) is 5.75 Å². The molecule has 0 aromatic heterocycles. The maximum absolute atomic E-state index is 13.4. The molecule has 0 radical (unpaired) electrons. The van der Waals surface area contributed by atoms with Crippen molar-refractivity contribution in [1.29, 1.82) is 0 Å². The van der Waals surface area contributed by atoms with Crippen LogP contribution in [0.15, 0.2) is 18.2 Å². The Bertz CT molecular complexity index is 917. The highest BCUT2D eigenvalue weighted by atomic mass is 16.5. The van der Waals surface area contributed by atoms with Gasteiger partial charge in [0.05, 0.1) is 17.7 Å². The lowest BCUT2D eigenvalue weighted by atomic mass is 9.85. The van der Waals surface area contributed by atoms with Gasteiger partial charge in [-0.2, -0.15) is 0 Å². The van der Waals surface area contributed by atoms with Crippen LogP contribution >= 0.6 is 0 Å². The number of likely N-dealkylation sites (N-methyl/N-ethyl adjacent to an activating group) is 1. The average Bonchev–Trinajstić information content (AvgIpc) is 2.76. The second-order valence-electron chi connectivity index (χ2n) is 10.2. The number of nitrogens with one attached hydrogen (secondary N) is 2. The molecule has 0 bridgehead atoms. The maximum Gasteiger partial charge on any atom is 0.317 e. The Labute approximate surface area is 208 Å². The van der Waals surface area contributed by atoms with E-state index >= 15 is 0 Å². The van der Waals surface area contributed by atoms with Crippen LogP contribution in [0, 0.1) is 11.8 Å². The van der Waals surface area contributed by atoms with Crippen LogP contribution < -0.4 is 15.4 Å². The average molecular weight is 489 g/mol. The summed E-state index contributed by atoms with van der Waals surface area (Å²) in [5.41, 5.74) is 0.938. The summed E-state index contributed by atoms with van der Waals surface area (Å²) in [6.07, 6.45) is 2.60. The number of benzene rings is 1. The molecule has 0 saturated heterocycles. The molecule has 1 fully saturated rings. The fourth-order valence-electron chi connectivity index (χ4n) is 4.38. The van der Waals surface area contributed by atoms with Gasteiger partial charge in [-0.05, 0) is 51.8 Å². The first-order valence-electron chi connectivity index (χ1n) is 12.5. The number of anilines is 1. The molecule has 1 aliphatic carbocycles. The van der Waals surface area contributed by atoms with Crippen LogP contribution in [-0.2, 0) is 9.53 Å². The lowest BCUT2D eigenvalue weighted by Gasteiger charge is -2.36. The number of nitrogens with zero attached hydrogens (tertiary/aromatic N) is 2. The first-order valence-corrected chi connectivity index (χ1v) is 12.5. The SMILES string of the molecule is CO[C@@H]1CN(C)C(=O)c2cc(NC(=O)C3CCC3)ccc2OC[C@@H](C)N(C(=O)NC(C)C)C[C@H]1C. The second-order valence-corrected chi connectivity index (χ2v) is 10.2. The molecule has 9 nitrogen and oxygen atoms in total. The van der Waals surface area contributed by atoms with E-state index in [0.717, 1.165) is 19.3 Å². The summed E-state index contributed by atoms with van der Waals surface area (Å²) < 4.78 is 11.8. The predicted octanol–water partition coefficient (Wildman–Crippen LogP) is 3.35. The molecule has 1 heterocycles. The van der Waals surface area contributed by atoms with Gasteiger partial charge < -0.3 is 29.9 Å². The fraction of sp³-hybridized carbons (Fsp3) is 0.654. The van der Waals surface area contributed by atoms with Gasteiger partial charge in [-0.25, -0.2) is 4.79 Å². The molecule has 4 amide bonds. The molecule has 1 aromatic rings. The van der Waals surface area contributed by atoms with E-state index in [4.69, 9.17) is 9.47 Å². The van der Waals surface area contributed by atoms with Crippen LogP contribution in [0.4, 0.5) is 10.5 Å². The first-order chi connectivity index (χ1) is 16.6. The van der Waals surface area contributed by atoms with Gasteiger partial charge in [-0.15, -0.1) is 0 Å². The third-order valence-electron chi connectivity index (χ3n) is 6.86. The topological polar surface area (TPSA) is 100 Å². The lowest BCUT2D eigenvalue weighted by Crippen LogP contribution is -2.52. The number of urea groups is 1. The number of carbonyl (C=O) groups excluding carboxylic acids is 3. The second kappa shape index (κ2) is 11.7. The van der Waals surface area contributed by atoms with E-state index in [1.165, 1.54) is 0 Å². The Morgan fingerprint density at radius 1 is 1.17 bits per heavy atom. The molecular weight excluding hydrogens is 448 g/mol. The number of rotatable bonds is 4. The number of hydrogen-bond acceptors (Lipinski definition) is 5. The van der Waals surface area contributed by atoms with Gasteiger partial charge in [0.1, 0.15) is 12.4 Å². The van der Waals surface area contributed by atoms with Crippen LogP contribution in [-0.4, -0.2) is 79.7 Å². The van der Waals surface area contributed by atoms with E-state index < -0.39 is 0 Å². The van der Waals surface area contributed by atoms with E-state index in [1.54, 1.807) is 42.2 Å². The van der Waals surface area contributed by atoms with Crippen LogP contribution in [0.1, 0.15) is 57.3 Å². The number of ether oxygens (including phenoxy) is 2. The largest absolute Gasteiger partial charge is 0.491 e. The van der Waals surface area contributed by atoms with Crippen molar-refractivity contribution >= 4 is 23.5 Å². The minimum Gasteiger partial charge on any atom is -0.491 e. The highest BCUT2D eigenvalue weighted by Gasteiger charge is 2.31. The zero-order chi connectivity index (χ0) is 25.7. The molecule has 35 heavy (non-hydrogen) atoms. The molecule has 9 heteroatoms. The summed E-state index contributed by atoms with van der Waals surface area (Å²) in [6, 6.07) is 4.74. The Morgan fingerprint density at radius 2 is 1.89 bits per heavy atom. The van der Waals surface area contributed by atoms with Crippen molar-refractivity contribution in [3.8, 4) is 5.75 Å². The lowest BCUT2D eigenvalue weighted by molar-refractivity contribution is -0.122. The predicted molar refractivity (Wildman–Crippen MR) is 135 cm³/mol. The van der Waals surface area contributed by atoms with E-state index in [-0.39, 0.29) is 54.5 Å². The quantitative estimate of drug-likeness (QED) is 0.677. The van der Waals surface area contributed by atoms with Crippen LogP contribution in [0.2, 0.25) is 0 Å². The van der Waals surface area contributed by atoms with Gasteiger partial charge in [-0.3, -0.25) is 9.59 Å². The number of methoxy groups -OCH3 is 1.